The molecule has 0 atom stereocenters. The third-order valence-corrected chi connectivity index (χ3v) is 3.33. The van der Waals surface area contributed by atoms with Gasteiger partial charge in [0, 0.05) is 6.04 Å². The van der Waals surface area contributed by atoms with Crippen molar-refractivity contribution >= 4 is 12.4 Å². The van der Waals surface area contributed by atoms with Gasteiger partial charge in [0.1, 0.15) is 0 Å². The van der Waals surface area contributed by atoms with Crippen molar-refractivity contribution in [2.45, 2.75) is 97.4 Å². The van der Waals surface area contributed by atoms with Gasteiger partial charge in [-0.3, -0.25) is 0 Å². The third kappa shape index (κ3) is 18.6. The first-order valence-electron chi connectivity index (χ1n) is 8.00. The van der Waals surface area contributed by atoms with Crippen LogP contribution in [0.3, 0.4) is 0 Å². The van der Waals surface area contributed by atoms with Gasteiger partial charge < -0.3 is 5.32 Å². The molecule has 0 amide bonds. The van der Waals surface area contributed by atoms with E-state index in [0.717, 1.165) is 0 Å². The maximum absolute atomic E-state index is 3.48. The lowest BCUT2D eigenvalue weighted by Gasteiger charge is -2.07. The third-order valence-electron chi connectivity index (χ3n) is 3.33. The Hall–Kier alpha value is 0.250. The minimum atomic E-state index is 0. The fourth-order valence-electron chi connectivity index (χ4n) is 2.18. The predicted octanol–water partition coefficient (Wildman–Crippen LogP) is 5.72. The average Bonchev–Trinajstić information content (AvgIpc) is 2.30. The molecule has 0 unspecified atom stereocenters. The summed E-state index contributed by atoms with van der Waals surface area (Å²) in [6, 6.07) is 0.651. The number of hydrogen-bond donors (Lipinski definition) is 1. The molecule has 0 aliphatic carbocycles. The summed E-state index contributed by atoms with van der Waals surface area (Å²) >= 11 is 0. The summed E-state index contributed by atoms with van der Waals surface area (Å²) in [6.45, 7) is 7.93. The van der Waals surface area contributed by atoms with E-state index in [-0.39, 0.29) is 12.4 Å². The smallest absolute Gasteiger partial charge is 0.00103 e. The molecule has 2 heteroatoms. The molecule has 18 heavy (non-hydrogen) atoms. The molecule has 0 rings (SSSR count). The van der Waals surface area contributed by atoms with Crippen molar-refractivity contribution < 1.29 is 0 Å². The lowest BCUT2D eigenvalue weighted by Crippen LogP contribution is -2.23. The number of unbranched alkanes of at least 4 members (excludes halogenated alkanes) is 10. The first kappa shape index (κ1) is 20.6. The molecule has 0 aliphatic heterocycles. The molecule has 0 aromatic rings. The first-order chi connectivity index (χ1) is 8.27. The van der Waals surface area contributed by atoms with Gasteiger partial charge in [0.05, 0.1) is 0 Å². The molecule has 112 valence electrons. The van der Waals surface area contributed by atoms with E-state index in [1.807, 2.05) is 0 Å². The molecule has 0 radical (unpaired) electrons. The van der Waals surface area contributed by atoms with Gasteiger partial charge in [-0.1, -0.05) is 85.0 Å². The molecule has 0 saturated heterocycles. The van der Waals surface area contributed by atoms with E-state index in [2.05, 4.69) is 26.1 Å². The monoisotopic (exact) mass is 277 g/mol. The van der Waals surface area contributed by atoms with Gasteiger partial charge in [-0.2, -0.15) is 0 Å². The maximum atomic E-state index is 3.48. The standard InChI is InChI=1S/C16H35N.ClH/c1-4-5-6-7-8-9-10-11-12-13-14-15-17-16(2)3;/h16-17H,4-15H2,1-3H3;1H. The summed E-state index contributed by atoms with van der Waals surface area (Å²) in [5.41, 5.74) is 0. The normalized spacial score (nSPS) is 10.7. The lowest BCUT2D eigenvalue weighted by atomic mass is 10.1. The molecule has 1 N–H and O–H groups in total. The van der Waals surface area contributed by atoms with Crippen LogP contribution in [0.25, 0.3) is 0 Å². The Morgan fingerprint density at radius 1 is 0.667 bits per heavy atom. The van der Waals surface area contributed by atoms with Crippen LogP contribution in [-0.2, 0) is 0 Å². The second-order valence-electron chi connectivity index (χ2n) is 5.64. The summed E-state index contributed by atoms with van der Waals surface area (Å²) < 4.78 is 0. The van der Waals surface area contributed by atoms with Crippen molar-refractivity contribution in [2.75, 3.05) is 6.54 Å². The predicted molar refractivity (Wildman–Crippen MR) is 86.8 cm³/mol. The zero-order chi connectivity index (χ0) is 12.8. The molecule has 1 nitrogen and oxygen atoms in total. The largest absolute Gasteiger partial charge is 0.315 e. The van der Waals surface area contributed by atoms with E-state index >= 15 is 0 Å². The van der Waals surface area contributed by atoms with E-state index in [1.54, 1.807) is 0 Å². The summed E-state index contributed by atoms with van der Waals surface area (Å²) in [4.78, 5) is 0. The van der Waals surface area contributed by atoms with E-state index in [9.17, 15) is 0 Å². The Morgan fingerprint density at radius 2 is 1.06 bits per heavy atom. The van der Waals surface area contributed by atoms with E-state index < -0.39 is 0 Å². The Morgan fingerprint density at radius 3 is 1.44 bits per heavy atom. The van der Waals surface area contributed by atoms with Crippen molar-refractivity contribution in [3.05, 3.63) is 0 Å². The van der Waals surface area contributed by atoms with Gasteiger partial charge in [-0.05, 0) is 13.0 Å². The van der Waals surface area contributed by atoms with Crippen LogP contribution in [0.5, 0.6) is 0 Å². The van der Waals surface area contributed by atoms with Crippen molar-refractivity contribution in [1.82, 2.24) is 5.32 Å². The minimum Gasteiger partial charge on any atom is -0.315 e. The summed E-state index contributed by atoms with van der Waals surface area (Å²) in [5, 5.41) is 3.48. The van der Waals surface area contributed by atoms with Gasteiger partial charge in [0.15, 0.2) is 0 Å². The zero-order valence-electron chi connectivity index (χ0n) is 13.0. The fraction of sp³-hybridized carbons (Fsp3) is 1.00. The minimum absolute atomic E-state index is 0. The molecular formula is C16H36ClN. The van der Waals surface area contributed by atoms with Crippen LogP contribution in [0.4, 0.5) is 0 Å². The van der Waals surface area contributed by atoms with Crippen LogP contribution < -0.4 is 5.32 Å². The Bertz CT molecular complexity index is 137. The second kappa shape index (κ2) is 17.2. The highest BCUT2D eigenvalue weighted by Gasteiger charge is 1.94. The van der Waals surface area contributed by atoms with Gasteiger partial charge in [-0.25, -0.2) is 0 Å². The molecule has 0 spiro atoms. The molecule has 0 aromatic carbocycles. The van der Waals surface area contributed by atoms with Crippen molar-refractivity contribution in [2.24, 2.45) is 0 Å². The molecule has 0 heterocycles. The first-order valence-corrected chi connectivity index (χ1v) is 8.00. The van der Waals surface area contributed by atoms with Crippen LogP contribution in [0, 0.1) is 0 Å². The van der Waals surface area contributed by atoms with Crippen LogP contribution in [0.15, 0.2) is 0 Å². The summed E-state index contributed by atoms with van der Waals surface area (Å²) in [6.07, 6.45) is 15.8. The molecule has 0 bridgehead atoms. The van der Waals surface area contributed by atoms with E-state index in [0.29, 0.717) is 6.04 Å². The highest BCUT2D eigenvalue weighted by molar-refractivity contribution is 5.85. The molecule has 0 fully saturated rings. The Labute approximate surface area is 122 Å². The molecule has 0 aromatic heterocycles. The Kier molecular flexibility index (Phi) is 19.7. The maximum Gasteiger partial charge on any atom is 0.00103 e. The average molecular weight is 278 g/mol. The van der Waals surface area contributed by atoms with Gasteiger partial charge >= 0.3 is 0 Å². The molecule has 0 aliphatic rings. The summed E-state index contributed by atoms with van der Waals surface area (Å²) in [7, 11) is 0. The van der Waals surface area contributed by atoms with Crippen LogP contribution in [0.2, 0.25) is 0 Å². The van der Waals surface area contributed by atoms with Crippen molar-refractivity contribution in [1.29, 1.82) is 0 Å². The highest BCUT2D eigenvalue weighted by Crippen LogP contribution is 2.10. The number of nitrogens with one attached hydrogen (secondary N) is 1. The number of halogens is 1. The van der Waals surface area contributed by atoms with Crippen molar-refractivity contribution in [3.63, 3.8) is 0 Å². The van der Waals surface area contributed by atoms with E-state index in [4.69, 9.17) is 0 Å². The number of hydrogen-bond acceptors (Lipinski definition) is 1. The van der Waals surface area contributed by atoms with Crippen molar-refractivity contribution in [3.8, 4) is 0 Å². The van der Waals surface area contributed by atoms with Crippen LogP contribution in [0.1, 0.15) is 91.4 Å². The second-order valence-corrected chi connectivity index (χ2v) is 5.64. The van der Waals surface area contributed by atoms with E-state index in [1.165, 1.54) is 77.2 Å². The lowest BCUT2D eigenvalue weighted by molar-refractivity contribution is 0.522. The zero-order valence-corrected chi connectivity index (χ0v) is 13.8. The molecule has 0 saturated carbocycles. The molecular weight excluding hydrogens is 242 g/mol. The van der Waals surface area contributed by atoms with Crippen LogP contribution in [-0.4, -0.2) is 12.6 Å². The fourth-order valence-corrected chi connectivity index (χ4v) is 2.18. The van der Waals surface area contributed by atoms with Crippen LogP contribution >= 0.6 is 12.4 Å². The Balaban J connectivity index is 0. The topological polar surface area (TPSA) is 12.0 Å². The SMILES string of the molecule is CCCCCCCCCCCCCNC(C)C.Cl. The highest BCUT2D eigenvalue weighted by atomic mass is 35.5. The number of rotatable bonds is 13. The van der Waals surface area contributed by atoms with Gasteiger partial charge in [0.25, 0.3) is 0 Å². The van der Waals surface area contributed by atoms with Gasteiger partial charge in [-0.15, -0.1) is 12.4 Å². The quantitative estimate of drug-likeness (QED) is 0.425. The summed E-state index contributed by atoms with van der Waals surface area (Å²) in [5.74, 6) is 0. The van der Waals surface area contributed by atoms with Gasteiger partial charge in [0.2, 0.25) is 0 Å².